The standard InChI is InChI=1S/C25H36O7/c1-8-14(2)9-10-24(6)15(3)11-21(28)25-19(12-18(13-20(24)25)30-16(4)26)22(29-7)32-23(25)31-17(5)27/h8-9,12,15,18,20-23,28H,1,10-11,13H2,2-7H3/b14-9+/t15-,18-,20+,21+,22+,23-,24-,25-/m1/s1. The second-order valence-corrected chi connectivity index (χ2v) is 9.65. The van der Waals surface area contributed by atoms with E-state index in [2.05, 4.69) is 26.5 Å². The van der Waals surface area contributed by atoms with Crippen LogP contribution in [-0.2, 0) is 28.5 Å². The normalized spacial score (nSPS) is 41.2. The maximum Gasteiger partial charge on any atom is 0.304 e. The zero-order chi connectivity index (χ0) is 23.8. The molecule has 1 N–H and O–H groups in total. The van der Waals surface area contributed by atoms with Crippen LogP contribution in [0.15, 0.2) is 36.0 Å². The van der Waals surface area contributed by atoms with Gasteiger partial charge < -0.3 is 24.1 Å². The lowest BCUT2D eigenvalue weighted by molar-refractivity contribution is -0.254. The Morgan fingerprint density at radius 3 is 2.47 bits per heavy atom. The van der Waals surface area contributed by atoms with Crippen LogP contribution in [0.2, 0.25) is 0 Å². The molecule has 2 aliphatic carbocycles. The fraction of sp³-hybridized carbons (Fsp3) is 0.680. The fourth-order valence-corrected chi connectivity index (χ4v) is 6.02. The van der Waals surface area contributed by atoms with E-state index in [4.69, 9.17) is 18.9 Å². The van der Waals surface area contributed by atoms with Gasteiger partial charge in [-0.15, -0.1) is 0 Å². The first kappa shape index (κ1) is 24.7. The third kappa shape index (κ3) is 3.95. The predicted molar refractivity (Wildman–Crippen MR) is 118 cm³/mol. The maximum absolute atomic E-state index is 12.0. The van der Waals surface area contributed by atoms with Crippen LogP contribution in [0.3, 0.4) is 0 Å². The van der Waals surface area contributed by atoms with Gasteiger partial charge in [-0.1, -0.05) is 38.2 Å². The van der Waals surface area contributed by atoms with E-state index >= 15 is 0 Å². The van der Waals surface area contributed by atoms with Gasteiger partial charge in [-0.05, 0) is 49.5 Å². The highest BCUT2D eigenvalue weighted by Gasteiger charge is 2.70. The van der Waals surface area contributed by atoms with Gasteiger partial charge in [-0.25, -0.2) is 0 Å². The Labute approximate surface area is 190 Å². The van der Waals surface area contributed by atoms with Crippen LogP contribution in [0.5, 0.6) is 0 Å². The highest BCUT2D eigenvalue weighted by molar-refractivity contribution is 5.67. The van der Waals surface area contributed by atoms with E-state index in [-0.39, 0.29) is 23.2 Å². The van der Waals surface area contributed by atoms with Crippen molar-refractivity contribution in [2.75, 3.05) is 7.11 Å². The molecule has 0 aromatic heterocycles. The summed E-state index contributed by atoms with van der Waals surface area (Å²) >= 11 is 0. The van der Waals surface area contributed by atoms with Gasteiger partial charge >= 0.3 is 11.9 Å². The summed E-state index contributed by atoms with van der Waals surface area (Å²) in [6.45, 7) is 12.9. The molecule has 1 aliphatic heterocycles. The number of hydrogen-bond acceptors (Lipinski definition) is 7. The summed E-state index contributed by atoms with van der Waals surface area (Å²) in [5.41, 5.74) is 0.464. The molecule has 1 spiro atoms. The van der Waals surface area contributed by atoms with Crippen LogP contribution in [-0.4, -0.2) is 48.9 Å². The van der Waals surface area contributed by atoms with Crippen molar-refractivity contribution in [3.63, 3.8) is 0 Å². The Kier molecular flexibility index (Phi) is 7.03. The molecule has 3 rings (SSSR count). The van der Waals surface area contributed by atoms with Crippen molar-refractivity contribution in [2.45, 2.75) is 78.7 Å². The molecule has 1 heterocycles. The fourth-order valence-electron chi connectivity index (χ4n) is 6.02. The second-order valence-electron chi connectivity index (χ2n) is 9.65. The number of aliphatic hydroxyl groups excluding tert-OH is 1. The lowest BCUT2D eigenvalue weighted by Gasteiger charge is -2.60. The summed E-state index contributed by atoms with van der Waals surface area (Å²) in [4.78, 5) is 23.8. The number of aliphatic hydroxyl groups is 1. The zero-order valence-corrected chi connectivity index (χ0v) is 19.9. The van der Waals surface area contributed by atoms with E-state index in [1.165, 1.54) is 21.0 Å². The van der Waals surface area contributed by atoms with Gasteiger partial charge in [0.15, 0.2) is 6.29 Å². The third-order valence-corrected chi connectivity index (χ3v) is 7.84. The van der Waals surface area contributed by atoms with Crippen molar-refractivity contribution in [3.8, 4) is 0 Å². The summed E-state index contributed by atoms with van der Waals surface area (Å²) in [6, 6.07) is 0. The van der Waals surface area contributed by atoms with Crippen LogP contribution in [0.4, 0.5) is 0 Å². The average Bonchev–Trinajstić information content (AvgIpc) is 3.03. The molecule has 8 atom stereocenters. The summed E-state index contributed by atoms with van der Waals surface area (Å²) in [7, 11) is 1.51. The maximum atomic E-state index is 12.0. The molecule has 2 fully saturated rings. The molecule has 32 heavy (non-hydrogen) atoms. The van der Waals surface area contributed by atoms with Gasteiger partial charge in [0.25, 0.3) is 0 Å². The number of carbonyl (C=O) groups is 2. The molecular weight excluding hydrogens is 412 g/mol. The number of allylic oxidation sites excluding steroid dienone is 3. The molecule has 0 aromatic rings. The van der Waals surface area contributed by atoms with Crippen molar-refractivity contribution < 1.29 is 33.6 Å². The van der Waals surface area contributed by atoms with Gasteiger partial charge in [0.05, 0.1) is 11.5 Å². The van der Waals surface area contributed by atoms with Crippen molar-refractivity contribution in [1.29, 1.82) is 0 Å². The first-order chi connectivity index (χ1) is 15.0. The molecular formula is C25H36O7. The Morgan fingerprint density at radius 1 is 1.25 bits per heavy atom. The van der Waals surface area contributed by atoms with Crippen LogP contribution < -0.4 is 0 Å². The van der Waals surface area contributed by atoms with Gasteiger partial charge in [0.1, 0.15) is 6.10 Å². The van der Waals surface area contributed by atoms with E-state index in [9.17, 15) is 14.7 Å². The highest BCUT2D eigenvalue weighted by atomic mass is 16.8. The number of carbonyl (C=O) groups excluding carboxylic acids is 2. The Bertz CT molecular complexity index is 830. The van der Waals surface area contributed by atoms with E-state index in [1.807, 2.05) is 19.1 Å². The third-order valence-electron chi connectivity index (χ3n) is 7.84. The molecule has 178 valence electrons. The van der Waals surface area contributed by atoms with Crippen molar-refractivity contribution in [2.24, 2.45) is 22.7 Å². The van der Waals surface area contributed by atoms with E-state index in [0.717, 1.165) is 12.0 Å². The average molecular weight is 449 g/mol. The van der Waals surface area contributed by atoms with Gasteiger partial charge in [-0.2, -0.15) is 0 Å². The van der Waals surface area contributed by atoms with E-state index < -0.39 is 36.2 Å². The molecule has 0 aromatic carbocycles. The minimum absolute atomic E-state index is 0.152. The molecule has 1 saturated carbocycles. The molecule has 1 saturated heterocycles. The van der Waals surface area contributed by atoms with E-state index in [1.54, 1.807) is 0 Å². The number of ether oxygens (including phenoxy) is 4. The summed E-state index contributed by atoms with van der Waals surface area (Å²) in [6.07, 6.45) is 4.42. The zero-order valence-electron chi connectivity index (χ0n) is 19.9. The van der Waals surface area contributed by atoms with Gasteiger partial charge in [0, 0.05) is 26.5 Å². The predicted octanol–water partition coefficient (Wildman–Crippen LogP) is 3.67. The van der Waals surface area contributed by atoms with Crippen molar-refractivity contribution >= 4 is 11.9 Å². The molecule has 0 bridgehead atoms. The quantitative estimate of drug-likeness (QED) is 0.377. The van der Waals surface area contributed by atoms with Crippen LogP contribution in [0.1, 0.15) is 53.9 Å². The van der Waals surface area contributed by atoms with Gasteiger partial charge in [0.2, 0.25) is 6.29 Å². The number of esters is 2. The smallest absolute Gasteiger partial charge is 0.304 e. The van der Waals surface area contributed by atoms with Gasteiger partial charge in [-0.3, -0.25) is 9.59 Å². The number of methoxy groups -OCH3 is 1. The Morgan fingerprint density at radius 2 is 1.91 bits per heavy atom. The molecule has 0 amide bonds. The first-order valence-electron chi connectivity index (χ1n) is 11.2. The SMILES string of the molecule is C=C/C(C)=C/C[C@]1(C)[C@H](C)C[C@H](O)[C@@]23C(=C[C@@H](OC(C)=O)C[C@@H]12)[C@@H](OC)O[C@H]3OC(C)=O. The number of hydrogen-bond donors (Lipinski definition) is 1. The molecule has 3 aliphatic rings. The van der Waals surface area contributed by atoms with Crippen LogP contribution in [0.25, 0.3) is 0 Å². The van der Waals surface area contributed by atoms with Crippen LogP contribution in [0, 0.1) is 22.7 Å². The van der Waals surface area contributed by atoms with E-state index in [0.29, 0.717) is 18.4 Å². The summed E-state index contributed by atoms with van der Waals surface area (Å²) in [5.74, 6) is -0.913. The summed E-state index contributed by atoms with van der Waals surface area (Å²) in [5, 5.41) is 11.5. The molecule has 0 radical (unpaired) electrons. The Balaban J connectivity index is 2.21. The van der Waals surface area contributed by atoms with Crippen molar-refractivity contribution in [1.82, 2.24) is 0 Å². The largest absolute Gasteiger partial charge is 0.458 e. The Hall–Kier alpha value is -1.96. The topological polar surface area (TPSA) is 91.3 Å². The molecule has 7 nitrogen and oxygen atoms in total. The minimum Gasteiger partial charge on any atom is -0.458 e. The van der Waals surface area contributed by atoms with Crippen LogP contribution >= 0.6 is 0 Å². The lowest BCUT2D eigenvalue weighted by atomic mass is 9.45. The minimum atomic E-state index is -0.995. The highest BCUT2D eigenvalue weighted by Crippen LogP contribution is 2.67. The van der Waals surface area contributed by atoms with Crippen molar-refractivity contribution in [3.05, 3.63) is 36.0 Å². The molecule has 7 heteroatoms. The number of rotatable bonds is 6. The lowest BCUT2D eigenvalue weighted by Crippen LogP contribution is -2.63. The monoisotopic (exact) mass is 448 g/mol. The summed E-state index contributed by atoms with van der Waals surface area (Å²) < 4.78 is 22.9. The second kappa shape index (κ2) is 9.12. The molecule has 0 unspecified atom stereocenters. The first-order valence-corrected chi connectivity index (χ1v) is 11.2.